The smallest absolute Gasteiger partial charge is 0.149 e. The predicted octanol–water partition coefficient (Wildman–Crippen LogP) is 21.3. The maximum atomic E-state index is 12.7. The van der Waals surface area contributed by atoms with Crippen LogP contribution in [0.25, 0.3) is 100 Å². The number of hydrogen-bond acceptors (Lipinski definition) is 3. The molecule has 5 nitrogen and oxygen atoms in total. The highest BCUT2D eigenvalue weighted by Crippen LogP contribution is 2.47. The number of phenolic OH excluding ortho intramolecular Hbond substituents is 1. The summed E-state index contributed by atoms with van der Waals surface area (Å²) in [5, 5.41) is 15.2. The minimum Gasteiger partial charge on any atom is -0.507 e. The Morgan fingerprint density at radius 2 is 0.916 bits per heavy atom. The van der Waals surface area contributed by atoms with Gasteiger partial charge in [0, 0.05) is 44.9 Å². The molecule has 5 heteroatoms. The van der Waals surface area contributed by atoms with E-state index in [1.54, 1.807) is 0 Å². The number of imidazole rings is 1. The van der Waals surface area contributed by atoms with Gasteiger partial charge in [-0.05, 0) is 155 Å². The zero-order valence-electron chi connectivity index (χ0n) is 52.5. The van der Waals surface area contributed by atoms with Crippen LogP contribution in [0.2, 0.25) is 0 Å². The number of para-hydroxylation sites is 2. The molecule has 0 unspecified atom stereocenters. The number of rotatable bonds is 7. The summed E-state index contributed by atoms with van der Waals surface area (Å²) in [7, 11) is 0. The molecule has 83 heavy (non-hydrogen) atoms. The van der Waals surface area contributed by atoms with E-state index in [1.165, 1.54) is 49.7 Å². The van der Waals surface area contributed by atoms with E-state index in [2.05, 4.69) is 304 Å². The van der Waals surface area contributed by atoms with Gasteiger partial charge in [0.25, 0.3) is 0 Å². The van der Waals surface area contributed by atoms with Crippen molar-refractivity contribution in [3.05, 3.63) is 209 Å². The van der Waals surface area contributed by atoms with Crippen LogP contribution in [0.15, 0.2) is 176 Å². The molecule has 0 saturated carbocycles. The lowest BCUT2D eigenvalue weighted by Gasteiger charge is -2.28. The number of benzene rings is 8. The maximum Gasteiger partial charge on any atom is 0.149 e. The van der Waals surface area contributed by atoms with E-state index < -0.39 is 0 Å². The van der Waals surface area contributed by atoms with Gasteiger partial charge in [-0.15, -0.1) is 0 Å². The van der Waals surface area contributed by atoms with E-state index in [9.17, 15) is 5.11 Å². The van der Waals surface area contributed by atoms with E-state index in [0.29, 0.717) is 11.4 Å². The van der Waals surface area contributed by atoms with Gasteiger partial charge < -0.3 is 9.67 Å². The fourth-order valence-corrected chi connectivity index (χ4v) is 11.8. The molecular weight excluding hydrogens is 1010 g/mol. The summed E-state index contributed by atoms with van der Waals surface area (Å²) in [6, 6.07) is 62.8. The molecule has 0 amide bonds. The van der Waals surface area contributed by atoms with Gasteiger partial charge in [0.15, 0.2) is 0 Å². The Kier molecular flexibility index (Phi) is 13.8. The molecule has 11 rings (SSSR count). The Balaban J connectivity index is 1.13. The van der Waals surface area contributed by atoms with Crippen LogP contribution in [0.4, 0.5) is 0 Å². The molecule has 0 atom stereocenters. The maximum absolute atomic E-state index is 12.7. The van der Waals surface area contributed by atoms with Gasteiger partial charge in [-0.3, -0.25) is 9.55 Å². The summed E-state index contributed by atoms with van der Waals surface area (Å²) >= 11 is 0. The highest BCUT2D eigenvalue weighted by atomic mass is 16.3. The first kappa shape index (κ1) is 56.8. The van der Waals surface area contributed by atoms with Crippen molar-refractivity contribution >= 4 is 32.8 Å². The minimum atomic E-state index is -0.345. The number of nitrogens with zero attached hydrogens (tertiary/aromatic N) is 4. The Morgan fingerprint density at radius 1 is 0.349 bits per heavy atom. The Bertz CT molecular complexity index is 4280. The van der Waals surface area contributed by atoms with Gasteiger partial charge in [0.1, 0.15) is 11.6 Å². The van der Waals surface area contributed by atoms with Crippen LogP contribution in [-0.4, -0.2) is 24.2 Å². The summed E-state index contributed by atoms with van der Waals surface area (Å²) in [6.07, 6.45) is 1.96. The van der Waals surface area contributed by atoms with E-state index in [-0.39, 0.29) is 38.2 Å². The van der Waals surface area contributed by atoms with Crippen molar-refractivity contribution in [2.75, 3.05) is 0 Å². The molecule has 0 aliphatic rings. The van der Waals surface area contributed by atoms with Gasteiger partial charge in [0.2, 0.25) is 0 Å². The molecule has 0 saturated heterocycles. The largest absolute Gasteiger partial charge is 0.507 e. The van der Waals surface area contributed by atoms with Gasteiger partial charge in [-0.2, -0.15) is 0 Å². The van der Waals surface area contributed by atoms with Crippen molar-refractivity contribution in [1.82, 2.24) is 19.1 Å². The third kappa shape index (κ3) is 10.7. The minimum absolute atomic E-state index is 0.0286. The fraction of sp³-hybridized carbons (Fsp3) is 0.308. The predicted molar refractivity (Wildman–Crippen MR) is 354 cm³/mol. The van der Waals surface area contributed by atoms with Crippen molar-refractivity contribution in [2.24, 2.45) is 0 Å². The van der Waals surface area contributed by atoms with E-state index in [1.807, 2.05) is 6.20 Å². The molecule has 11 aromatic rings. The monoisotopic (exact) mass is 1090 g/mol. The number of aromatic hydroxyl groups is 1. The van der Waals surface area contributed by atoms with E-state index in [0.717, 1.165) is 72.5 Å². The Hall–Kier alpha value is -8.02. The van der Waals surface area contributed by atoms with Crippen molar-refractivity contribution in [1.29, 1.82) is 0 Å². The van der Waals surface area contributed by atoms with Crippen molar-refractivity contribution in [2.45, 2.75) is 157 Å². The van der Waals surface area contributed by atoms with Gasteiger partial charge in [-0.1, -0.05) is 222 Å². The van der Waals surface area contributed by atoms with Gasteiger partial charge in [-0.25, -0.2) is 4.98 Å². The number of pyridine rings is 1. The molecule has 422 valence electrons. The number of aromatic nitrogens is 4. The second-order valence-electron chi connectivity index (χ2n) is 29.5. The molecular formula is C78H84N4O. The highest BCUT2D eigenvalue weighted by Gasteiger charge is 2.31. The summed E-state index contributed by atoms with van der Waals surface area (Å²) in [5.41, 5.74) is 21.7. The molecule has 0 aliphatic heterocycles. The standard InChI is InChI=1S/C78H84N4O/c1-73(2,3)53-32-34-67(62(45-53)48-25-20-19-21-26-48)82-68-30-24-28-59(70(68)80-72(82)63-46-57(77(13,14)15)47-64(71(63)83)78(16,17)18)51-37-52(39-54(38-51)74(4,5)6)65-40-50(35-36-79-65)49-31-33-61-60-27-22-23-29-66(60)81(69(61)41-49)58-43-55(75(7,8)9)42-56(44-58)76(10,11)12/h19-47,83H,1-18H3. The first-order valence-corrected chi connectivity index (χ1v) is 29.8. The molecule has 0 spiro atoms. The quantitative estimate of drug-likeness (QED) is 0.173. The lowest BCUT2D eigenvalue weighted by molar-refractivity contribution is 0.446. The fourth-order valence-electron chi connectivity index (χ4n) is 11.8. The summed E-state index contributed by atoms with van der Waals surface area (Å²) in [4.78, 5) is 10.9. The third-order valence-corrected chi connectivity index (χ3v) is 17.0. The van der Waals surface area contributed by atoms with Crippen LogP contribution in [0.1, 0.15) is 158 Å². The van der Waals surface area contributed by atoms with Gasteiger partial charge in [0.05, 0.1) is 39.0 Å². The highest BCUT2D eigenvalue weighted by molar-refractivity contribution is 6.10. The summed E-state index contributed by atoms with van der Waals surface area (Å²) in [6.45, 7) is 40.8. The first-order valence-electron chi connectivity index (χ1n) is 29.8. The van der Waals surface area contributed by atoms with Crippen LogP contribution < -0.4 is 0 Å². The number of hydrogen-bond donors (Lipinski definition) is 1. The van der Waals surface area contributed by atoms with Crippen LogP contribution in [-0.2, 0) is 32.5 Å². The number of phenols is 1. The molecule has 3 heterocycles. The Labute approximate surface area is 494 Å². The summed E-state index contributed by atoms with van der Waals surface area (Å²) in [5.74, 6) is 0.945. The van der Waals surface area contributed by atoms with Crippen molar-refractivity contribution in [3.8, 4) is 73.2 Å². The SMILES string of the molecule is CC(C)(C)c1cc(-c2cc(-c3ccc4c5ccccc5n(-c5cc(C(C)(C)C)cc(C(C)(C)C)c5)c4c3)ccn2)cc(-c2cccc3c2nc(-c2cc(C(C)(C)C)cc(C(C)(C)C)c2O)n3-c2ccc(C(C)(C)C)cc2-c2ccccc2)c1. The topological polar surface area (TPSA) is 55.9 Å². The van der Waals surface area contributed by atoms with Crippen molar-refractivity contribution < 1.29 is 5.11 Å². The molecule has 3 aromatic heterocycles. The number of fused-ring (bicyclic) bond motifs is 4. The average Bonchev–Trinajstić information content (AvgIpc) is 1.80. The van der Waals surface area contributed by atoms with Gasteiger partial charge >= 0.3 is 0 Å². The van der Waals surface area contributed by atoms with Crippen LogP contribution in [0.3, 0.4) is 0 Å². The summed E-state index contributed by atoms with van der Waals surface area (Å²) < 4.78 is 4.78. The third-order valence-electron chi connectivity index (χ3n) is 17.0. The van der Waals surface area contributed by atoms with E-state index in [4.69, 9.17) is 9.97 Å². The molecule has 0 bridgehead atoms. The van der Waals surface area contributed by atoms with Crippen molar-refractivity contribution in [3.63, 3.8) is 0 Å². The second kappa shape index (κ2) is 20.1. The lowest BCUT2D eigenvalue weighted by atomic mass is 9.79. The molecule has 8 aromatic carbocycles. The van der Waals surface area contributed by atoms with Crippen LogP contribution >= 0.6 is 0 Å². The average molecular weight is 1090 g/mol. The first-order chi connectivity index (χ1) is 38.8. The Morgan fingerprint density at radius 3 is 1.57 bits per heavy atom. The van der Waals surface area contributed by atoms with Crippen LogP contribution in [0, 0.1) is 0 Å². The van der Waals surface area contributed by atoms with E-state index >= 15 is 0 Å². The lowest BCUT2D eigenvalue weighted by Crippen LogP contribution is -2.17. The zero-order valence-corrected chi connectivity index (χ0v) is 52.5. The molecule has 0 fully saturated rings. The molecule has 0 radical (unpaired) electrons. The molecule has 1 N–H and O–H groups in total. The second-order valence-corrected chi connectivity index (χ2v) is 29.5. The zero-order chi connectivity index (χ0) is 59.5. The van der Waals surface area contributed by atoms with Crippen LogP contribution in [0.5, 0.6) is 5.75 Å². The molecule has 0 aliphatic carbocycles. The normalized spacial score (nSPS) is 13.0.